The molecule has 1 amide bonds. The van der Waals surface area contributed by atoms with Gasteiger partial charge in [-0.05, 0) is 57.2 Å². The summed E-state index contributed by atoms with van der Waals surface area (Å²) >= 11 is 2.38. The van der Waals surface area contributed by atoms with Gasteiger partial charge in [-0.2, -0.15) is 0 Å². The number of anilines is 1. The van der Waals surface area contributed by atoms with Crippen LogP contribution in [0.1, 0.15) is 28.6 Å². The third kappa shape index (κ3) is 5.51. The molecule has 0 saturated carbocycles. The number of carbonyl (C=O) groups is 1. The summed E-state index contributed by atoms with van der Waals surface area (Å²) in [4.78, 5) is 32.3. The third-order valence-electron chi connectivity index (χ3n) is 4.30. The average Bonchev–Trinajstić information content (AvgIpc) is 3.30. The molecule has 0 atom stereocenters. The molecule has 156 valence electrons. The van der Waals surface area contributed by atoms with Gasteiger partial charge < -0.3 is 4.90 Å². The van der Waals surface area contributed by atoms with Crippen LogP contribution in [0.2, 0.25) is 0 Å². The lowest BCUT2D eigenvalue weighted by atomic mass is 10.2. The van der Waals surface area contributed by atoms with Gasteiger partial charge in [-0.15, -0.1) is 12.4 Å². The number of benzene rings is 1. The summed E-state index contributed by atoms with van der Waals surface area (Å²) in [5, 5.41) is 11.6. The van der Waals surface area contributed by atoms with Crippen molar-refractivity contribution in [1.29, 1.82) is 0 Å². The monoisotopic (exact) mass is 454 g/mol. The fraction of sp³-hybridized carbons (Fsp3) is 0.368. The van der Waals surface area contributed by atoms with E-state index in [1.54, 1.807) is 4.90 Å². The van der Waals surface area contributed by atoms with Crippen LogP contribution in [0, 0.1) is 10.1 Å². The predicted octanol–water partition coefficient (Wildman–Crippen LogP) is 4.85. The van der Waals surface area contributed by atoms with Gasteiger partial charge >= 0.3 is 5.00 Å². The molecule has 3 aromatic rings. The van der Waals surface area contributed by atoms with Gasteiger partial charge in [-0.1, -0.05) is 35.7 Å². The number of thiophene rings is 1. The van der Waals surface area contributed by atoms with Crippen LogP contribution in [-0.4, -0.2) is 47.9 Å². The molecule has 3 rings (SSSR count). The van der Waals surface area contributed by atoms with E-state index in [9.17, 15) is 14.9 Å². The van der Waals surface area contributed by atoms with E-state index in [-0.39, 0.29) is 23.3 Å². The number of aryl methyl sites for hydroxylation is 1. The Morgan fingerprint density at radius 1 is 1.17 bits per heavy atom. The highest BCUT2D eigenvalue weighted by atomic mass is 35.5. The van der Waals surface area contributed by atoms with Crippen molar-refractivity contribution >= 4 is 61.3 Å². The number of rotatable bonds is 8. The number of fused-ring (bicyclic) bond motifs is 1. The van der Waals surface area contributed by atoms with Crippen LogP contribution < -0.4 is 4.90 Å². The number of carbonyl (C=O) groups excluding carboxylic acids is 1. The van der Waals surface area contributed by atoms with Crippen molar-refractivity contribution in [3.05, 3.63) is 50.9 Å². The Kier molecular flexibility index (Phi) is 8.09. The molecular formula is C19H23ClN4O3S2. The lowest BCUT2D eigenvalue weighted by molar-refractivity contribution is -0.380. The predicted molar refractivity (Wildman–Crippen MR) is 122 cm³/mol. The van der Waals surface area contributed by atoms with Crippen LogP contribution in [0.5, 0.6) is 0 Å². The fourth-order valence-corrected chi connectivity index (χ4v) is 4.62. The number of nitro groups is 1. The van der Waals surface area contributed by atoms with Crippen LogP contribution >= 0.6 is 35.1 Å². The zero-order chi connectivity index (χ0) is 20.3. The van der Waals surface area contributed by atoms with Gasteiger partial charge in [0.1, 0.15) is 0 Å². The molecule has 0 fully saturated rings. The molecule has 0 radical (unpaired) electrons. The minimum Gasteiger partial charge on any atom is -0.309 e. The molecule has 10 heteroatoms. The highest BCUT2D eigenvalue weighted by Gasteiger charge is 2.24. The summed E-state index contributed by atoms with van der Waals surface area (Å²) in [6, 6.07) is 9.03. The summed E-state index contributed by atoms with van der Waals surface area (Å²) < 4.78 is 1.04. The number of halogens is 1. The summed E-state index contributed by atoms with van der Waals surface area (Å²) in [7, 11) is 3.97. The summed E-state index contributed by atoms with van der Waals surface area (Å²) in [5.74, 6) is -0.244. The summed E-state index contributed by atoms with van der Waals surface area (Å²) in [6.45, 7) is 3.44. The standard InChI is InChI=1S/C19H22N4O3S2.ClH/c1-4-13-6-7-14-16(12-13)28-19(20-14)22(11-5-10-21(2)3)18(24)15-8-9-17(27-15)23(25)26;/h6-9,12H,4-5,10-11H2,1-3H3;1H. The Morgan fingerprint density at radius 3 is 2.55 bits per heavy atom. The largest absolute Gasteiger partial charge is 0.324 e. The van der Waals surface area contributed by atoms with Crippen LogP contribution in [0.4, 0.5) is 10.1 Å². The van der Waals surface area contributed by atoms with Gasteiger partial charge in [0.2, 0.25) is 0 Å². The van der Waals surface area contributed by atoms with Gasteiger partial charge in [0.05, 0.1) is 20.0 Å². The maximum atomic E-state index is 13.1. The lowest BCUT2D eigenvalue weighted by Gasteiger charge is -2.20. The quantitative estimate of drug-likeness (QED) is 0.359. The second kappa shape index (κ2) is 10.1. The first-order valence-corrected chi connectivity index (χ1v) is 10.6. The molecule has 29 heavy (non-hydrogen) atoms. The average molecular weight is 455 g/mol. The Labute approximate surface area is 183 Å². The van der Waals surface area contributed by atoms with Crippen molar-refractivity contribution in [2.24, 2.45) is 0 Å². The second-order valence-corrected chi connectivity index (χ2v) is 8.73. The van der Waals surface area contributed by atoms with E-state index >= 15 is 0 Å². The number of nitrogens with zero attached hydrogens (tertiary/aromatic N) is 4. The SMILES string of the molecule is CCc1ccc2nc(N(CCCN(C)C)C(=O)c3ccc([N+](=O)[O-])s3)sc2c1.Cl. The van der Waals surface area contributed by atoms with Crippen molar-refractivity contribution in [2.45, 2.75) is 19.8 Å². The Balaban J connectivity index is 0.00000300. The molecule has 0 saturated heterocycles. The first kappa shape index (κ1) is 23.2. The smallest absolute Gasteiger partial charge is 0.309 e. The molecule has 1 aromatic carbocycles. The van der Waals surface area contributed by atoms with Crippen LogP contribution in [0.3, 0.4) is 0 Å². The minimum atomic E-state index is -0.470. The minimum absolute atomic E-state index is 0. The molecule has 0 aliphatic rings. The topological polar surface area (TPSA) is 79.6 Å². The van der Waals surface area contributed by atoms with Crippen molar-refractivity contribution in [3.63, 3.8) is 0 Å². The molecule has 0 spiro atoms. The Bertz CT molecular complexity index is 1000. The van der Waals surface area contributed by atoms with E-state index in [0.717, 1.165) is 40.9 Å². The highest BCUT2D eigenvalue weighted by Crippen LogP contribution is 2.32. The van der Waals surface area contributed by atoms with Crippen molar-refractivity contribution in [3.8, 4) is 0 Å². The van der Waals surface area contributed by atoms with E-state index in [4.69, 9.17) is 0 Å². The normalized spacial score (nSPS) is 10.9. The number of thiazole rings is 1. The molecule has 2 heterocycles. The Hall–Kier alpha value is -2.07. The van der Waals surface area contributed by atoms with Crippen molar-refractivity contribution < 1.29 is 9.72 Å². The highest BCUT2D eigenvalue weighted by molar-refractivity contribution is 7.22. The maximum absolute atomic E-state index is 13.1. The third-order valence-corrected chi connectivity index (χ3v) is 6.36. The van der Waals surface area contributed by atoms with E-state index < -0.39 is 4.92 Å². The first-order chi connectivity index (χ1) is 13.4. The van der Waals surface area contributed by atoms with E-state index in [0.29, 0.717) is 16.6 Å². The maximum Gasteiger partial charge on any atom is 0.324 e. The molecule has 0 aliphatic carbocycles. The van der Waals surface area contributed by atoms with E-state index in [1.165, 1.54) is 29.0 Å². The lowest BCUT2D eigenvalue weighted by Crippen LogP contribution is -2.32. The van der Waals surface area contributed by atoms with Gasteiger partial charge in [0.15, 0.2) is 5.13 Å². The summed E-state index contributed by atoms with van der Waals surface area (Å²) in [5.41, 5.74) is 2.09. The fourth-order valence-electron chi connectivity index (χ4n) is 2.80. The molecule has 0 bridgehead atoms. The van der Waals surface area contributed by atoms with E-state index in [1.807, 2.05) is 26.2 Å². The summed E-state index contributed by atoms with van der Waals surface area (Å²) in [6.07, 6.45) is 1.72. The van der Waals surface area contributed by atoms with Gasteiger partial charge in [0, 0.05) is 12.6 Å². The van der Waals surface area contributed by atoms with Gasteiger partial charge in [-0.25, -0.2) is 4.98 Å². The van der Waals surface area contributed by atoms with Crippen LogP contribution in [0.15, 0.2) is 30.3 Å². The zero-order valence-electron chi connectivity index (χ0n) is 16.5. The molecule has 0 aliphatic heterocycles. The number of aromatic nitrogens is 1. The number of hydrogen-bond donors (Lipinski definition) is 0. The second-order valence-electron chi connectivity index (χ2n) is 6.66. The molecule has 0 N–H and O–H groups in total. The molecule has 0 unspecified atom stereocenters. The number of hydrogen-bond acceptors (Lipinski definition) is 7. The zero-order valence-corrected chi connectivity index (χ0v) is 18.9. The molecular weight excluding hydrogens is 432 g/mol. The van der Waals surface area contributed by atoms with Crippen molar-refractivity contribution in [2.75, 3.05) is 32.1 Å². The first-order valence-electron chi connectivity index (χ1n) is 8.99. The Morgan fingerprint density at radius 2 is 1.93 bits per heavy atom. The number of amides is 1. The van der Waals surface area contributed by atoms with Gasteiger partial charge in [0.25, 0.3) is 5.91 Å². The molecule has 2 aromatic heterocycles. The molecule has 7 nitrogen and oxygen atoms in total. The van der Waals surface area contributed by atoms with Crippen LogP contribution in [-0.2, 0) is 6.42 Å². The van der Waals surface area contributed by atoms with Crippen LogP contribution in [0.25, 0.3) is 10.2 Å². The van der Waals surface area contributed by atoms with E-state index in [2.05, 4.69) is 22.9 Å². The van der Waals surface area contributed by atoms with Crippen molar-refractivity contribution in [1.82, 2.24) is 9.88 Å². The van der Waals surface area contributed by atoms with Gasteiger partial charge in [-0.3, -0.25) is 19.8 Å².